The predicted octanol–water partition coefficient (Wildman–Crippen LogP) is 0.884. The van der Waals surface area contributed by atoms with Crippen molar-refractivity contribution in [3.63, 3.8) is 0 Å². The Morgan fingerprint density at radius 1 is 1.71 bits per heavy atom. The molecule has 7 heteroatoms. The summed E-state index contributed by atoms with van der Waals surface area (Å²) < 4.78 is 19.3. The fraction of sp³-hybridized carbons (Fsp3) is 0.700. The van der Waals surface area contributed by atoms with Crippen molar-refractivity contribution in [2.75, 3.05) is 7.05 Å². The summed E-state index contributed by atoms with van der Waals surface area (Å²) in [6.07, 6.45) is 1.12. The normalized spacial score (nSPS) is 23.0. The number of aromatic nitrogens is 3. The first-order chi connectivity index (χ1) is 8.08. The number of rotatable bonds is 3. The first-order valence-corrected chi connectivity index (χ1v) is 5.45. The van der Waals surface area contributed by atoms with Crippen LogP contribution in [0.15, 0.2) is 6.20 Å². The summed E-state index contributed by atoms with van der Waals surface area (Å²) in [4.78, 5) is 13.1. The van der Waals surface area contributed by atoms with Crippen LogP contribution in [0.1, 0.15) is 18.5 Å². The minimum absolute atomic E-state index is 0.0397. The quantitative estimate of drug-likeness (QED) is 0.789. The van der Waals surface area contributed by atoms with Crippen LogP contribution >= 0.6 is 0 Å². The Hall–Kier alpha value is -1.66. The summed E-state index contributed by atoms with van der Waals surface area (Å²) in [5.74, 6) is 0. The molecule has 94 valence electrons. The highest BCUT2D eigenvalue weighted by Crippen LogP contribution is 2.27. The van der Waals surface area contributed by atoms with Gasteiger partial charge in [-0.25, -0.2) is 13.9 Å². The van der Waals surface area contributed by atoms with E-state index >= 15 is 0 Å². The molecule has 0 N–H and O–H groups in total. The second-order valence-corrected chi connectivity index (χ2v) is 4.24. The molecule has 2 rings (SSSR count). The third-order valence-electron chi connectivity index (χ3n) is 3.04. The second kappa shape index (κ2) is 4.68. The minimum atomic E-state index is -0.781. The zero-order chi connectivity index (χ0) is 12.4. The lowest BCUT2D eigenvalue weighted by Crippen LogP contribution is -2.46. The van der Waals surface area contributed by atoms with Gasteiger partial charge in [0.15, 0.2) is 0 Å². The highest BCUT2D eigenvalue weighted by Gasteiger charge is 2.34. The van der Waals surface area contributed by atoms with E-state index in [0.717, 1.165) is 0 Å². The Morgan fingerprint density at radius 2 is 2.41 bits per heavy atom. The SMILES string of the molecule is CN(C(=O)OCc1cnnn1C)C1CC(F)C1. The van der Waals surface area contributed by atoms with E-state index in [0.29, 0.717) is 18.5 Å². The molecule has 1 heterocycles. The smallest absolute Gasteiger partial charge is 0.410 e. The number of nitrogens with zero attached hydrogens (tertiary/aromatic N) is 4. The van der Waals surface area contributed by atoms with E-state index in [1.165, 1.54) is 15.8 Å². The number of ether oxygens (including phenoxy) is 1. The van der Waals surface area contributed by atoms with Gasteiger partial charge in [-0.3, -0.25) is 0 Å². The molecule has 17 heavy (non-hydrogen) atoms. The van der Waals surface area contributed by atoms with Gasteiger partial charge < -0.3 is 9.64 Å². The van der Waals surface area contributed by atoms with Crippen molar-refractivity contribution in [1.82, 2.24) is 19.9 Å². The highest BCUT2D eigenvalue weighted by atomic mass is 19.1. The van der Waals surface area contributed by atoms with Gasteiger partial charge in [0.25, 0.3) is 0 Å². The van der Waals surface area contributed by atoms with Crippen molar-refractivity contribution in [3.8, 4) is 0 Å². The lowest BCUT2D eigenvalue weighted by atomic mass is 9.90. The molecular formula is C10H15FN4O2. The van der Waals surface area contributed by atoms with Crippen LogP contribution in [0.25, 0.3) is 0 Å². The largest absolute Gasteiger partial charge is 0.443 e. The Morgan fingerprint density at radius 3 is 2.94 bits per heavy atom. The number of hydrogen-bond acceptors (Lipinski definition) is 4. The van der Waals surface area contributed by atoms with Crippen LogP contribution in [0, 0.1) is 0 Å². The molecule has 0 radical (unpaired) electrons. The van der Waals surface area contributed by atoms with E-state index < -0.39 is 12.3 Å². The minimum Gasteiger partial charge on any atom is -0.443 e. The van der Waals surface area contributed by atoms with E-state index in [9.17, 15) is 9.18 Å². The predicted molar refractivity (Wildman–Crippen MR) is 56.9 cm³/mol. The van der Waals surface area contributed by atoms with Gasteiger partial charge in [-0.1, -0.05) is 5.21 Å². The molecule has 1 aliphatic carbocycles. The molecule has 0 bridgehead atoms. The maximum atomic E-state index is 12.7. The molecule has 1 saturated carbocycles. The Kier molecular flexibility index (Phi) is 3.26. The summed E-state index contributed by atoms with van der Waals surface area (Å²) in [7, 11) is 3.35. The molecule has 1 fully saturated rings. The van der Waals surface area contributed by atoms with Crippen molar-refractivity contribution < 1.29 is 13.9 Å². The first-order valence-electron chi connectivity index (χ1n) is 5.45. The van der Waals surface area contributed by atoms with Crippen molar-refractivity contribution >= 4 is 6.09 Å². The van der Waals surface area contributed by atoms with Gasteiger partial charge in [0.05, 0.1) is 11.9 Å². The van der Waals surface area contributed by atoms with E-state index in [-0.39, 0.29) is 12.6 Å². The highest BCUT2D eigenvalue weighted by molar-refractivity contribution is 5.67. The molecular weight excluding hydrogens is 227 g/mol. The Bertz CT molecular complexity index is 403. The summed E-state index contributed by atoms with van der Waals surface area (Å²) in [6.45, 7) is 0.123. The average molecular weight is 242 g/mol. The molecule has 0 unspecified atom stereocenters. The van der Waals surface area contributed by atoms with Crippen LogP contribution in [0.4, 0.5) is 9.18 Å². The van der Waals surface area contributed by atoms with Crippen molar-refractivity contribution in [2.45, 2.75) is 31.7 Å². The van der Waals surface area contributed by atoms with Gasteiger partial charge in [0, 0.05) is 20.1 Å². The topological polar surface area (TPSA) is 60.3 Å². The molecule has 1 amide bonds. The number of halogens is 1. The van der Waals surface area contributed by atoms with Gasteiger partial charge in [-0.15, -0.1) is 5.10 Å². The molecule has 0 saturated heterocycles. The van der Waals surface area contributed by atoms with Crippen molar-refractivity contribution in [3.05, 3.63) is 11.9 Å². The fourth-order valence-electron chi connectivity index (χ4n) is 1.67. The lowest BCUT2D eigenvalue weighted by Gasteiger charge is -2.36. The Balaban J connectivity index is 1.79. The molecule has 1 aliphatic rings. The van der Waals surface area contributed by atoms with Gasteiger partial charge in [-0.2, -0.15) is 0 Å². The zero-order valence-corrected chi connectivity index (χ0v) is 9.84. The van der Waals surface area contributed by atoms with Crippen LogP contribution in [0.2, 0.25) is 0 Å². The summed E-state index contributed by atoms with van der Waals surface area (Å²) in [5, 5.41) is 7.40. The number of aryl methyl sites for hydroxylation is 1. The standard InChI is InChI=1S/C10H15FN4O2/c1-14(8-3-7(11)4-8)10(16)17-6-9-5-12-13-15(9)2/h5,7-8H,3-4,6H2,1-2H3. The number of alkyl halides is 1. The molecule has 1 aromatic rings. The number of carbonyl (C=O) groups excluding carboxylic acids is 1. The molecule has 0 aliphatic heterocycles. The number of carbonyl (C=O) groups is 1. The molecule has 0 spiro atoms. The number of amides is 1. The monoisotopic (exact) mass is 242 g/mol. The van der Waals surface area contributed by atoms with E-state index in [1.807, 2.05) is 0 Å². The molecule has 6 nitrogen and oxygen atoms in total. The van der Waals surface area contributed by atoms with Gasteiger partial charge in [-0.05, 0) is 12.8 Å². The number of hydrogen-bond donors (Lipinski definition) is 0. The summed E-state index contributed by atoms with van der Waals surface area (Å²) in [5.41, 5.74) is 0.712. The van der Waals surface area contributed by atoms with E-state index in [2.05, 4.69) is 10.3 Å². The maximum Gasteiger partial charge on any atom is 0.410 e. The summed E-state index contributed by atoms with van der Waals surface area (Å²) >= 11 is 0. The van der Waals surface area contributed by atoms with E-state index in [1.54, 1.807) is 14.1 Å². The zero-order valence-electron chi connectivity index (χ0n) is 9.84. The maximum absolute atomic E-state index is 12.7. The van der Waals surface area contributed by atoms with Crippen LogP contribution < -0.4 is 0 Å². The van der Waals surface area contributed by atoms with Crippen LogP contribution in [-0.2, 0) is 18.4 Å². The fourth-order valence-corrected chi connectivity index (χ4v) is 1.67. The summed E-state index contributed by atoms with van der Waals surface area (Å²) in [6, 6.07) is -0.0397. The third-order valence-corrected chi connectivity index (χ3v) is 3.04. The van der Waals surface area contributed by atoms with Crippen LogP contribution in [-0.4, -0.2) is 45.2 Å². The average Bonchev–Trinajstić information content (AvgIpc) is 2.66. The van der Waals surface area contributed by atoms with Crippen molar-refractivity contribution in [2.24, 2.45) is 7.05 Å². The molecule has 1 aromatic heterocycles. The van der Waals surface area contributed by atoms with E-state index in [4.69, 9.17) is 4.74 Å². The second-order valence-electron chi connectivity index (χ2n) is 4.24. The third kappa shape index (κ3) is 2.54. The van der Waals surface area contributed by atoms with Crippen LogP contribution in [0.5, 0.6) is 0 Å². The Labute approximate surface area is 98.3 Å². The lowest BCUT2D eigenvalue weighted by molar-refractivity contribution is 0.0443. The first kappa shape index (κ1) is 11.8. The van der Waals surface area contributed by atoms with Gasteiger partial charge >= 0.3 is 6.09 Å². The van der Waals surface area contributed by atoms with Crippen molar-refractivity contribution in [1.29, 1.82) is 0 Å². The molecule has 0 aromatic carbocycles. The molecule has 0 atom stereocenters. The van der Waals surface area contributed by atoms with Gasteiger partial charge in [0.1, 0.15) is 12.8 Å². The van der Waals surface area contributed by atoms with Gasteiger partial charge in [0.2, 0.25) is 0 Å². The van der Waals surface area contributed by atoms with Crippen LogP contribution in [0.3, 0.4) is 0 Å².